The van der Waals surface area contributed by atoms with Gasteiger partial charge in [0.15, 0.2) is 0 Å². The van der Waals surface area contributed by atoms with E-state index in [9.17, 15) is 10.1 Å². The minimum atomic E-state index is -0.833. The molecule has 0 aromatic heterocycles. The number of amidine groups is 1. The van der Waals surface area contributed by atoms with Crippen LogP contribution < -0.4 is 5.73 Å². The lowest BCUT2D eigenvalue weighted by molar-refractivity contribution is -0.385. The molecule has 4 N–H and O–H groups in total. The van der Waals surface area contributed by atoms with Crippen molar-refractivity contribution < 1.29 is 14.8 Å². The minimum Gasteiger partial charge on any atom is -0.481 e. The van der Waals surface area contributed by atoms with E-state index in [1.807, 2.05) is 0 Å². The smallest absolute Gasteiger partial charge is 0.300 e. The topological polar surface area (TPSA) is 143 Å². The van der Waals surface area contributed by atoms with Gasteiger partial charge in [-0.05, 0) is 22.0 Å². The highest BCUT2D eigenvalue weighted by Gasteiger charge is 2.13. The number of aliphatic imine (C=N–C) groups is 1. The second-order valence-electron chi connectivity index (χ2n) is 3.44. The van der Waals surface area contributed by atoms with Crippen LogP contribution in [0.25, 0.3) is 0 Å². The first kappa shape index (κ1) is 17.7. The number of benzene rings is 1. The largest absolute Gasteiger partial charge is 0.481 e. The van der Waals surface area contributed by atoms with Crippen molar-refractivity contribution in [1.29, 1.82) is 5.41 Å². The Balaban J connectivity index is 0.000000796. The monoisotopic (exact) mass is 344 g/mol. The molecular weight excluding hydrogens is 332 g/mol. The predicted molar refractivity (Wildman–Crippen MR) is 78.5 cm³/mol. The molecule has 1 aromatic rings. The van der Waals surface area contributed by atoms with Gasteiger partial charge in [0.05, 0.1) is 17.0 Å². The number of hydrogen-bond donors (Lipinski definition) is 3. The van der Waals surface area contributed by atoms with Crippen molar-refractivity contribution in [1.82, 2.24) is 0 Å². The molecule has 1 rings (SSSR count). The first-order valence-corrected chi connectivity index (χ1v) is 6.00. The van der Waals surface area contributed by atoms with E-state index in [1.54, 1.807) is 12.1 Å². The van der Waals surface area contributed by atoms with Gasteiger partial charge in [-0.15, -0.1) is 0 Å². The lowest BCUT2D eigenvalue weighted by Crippen LogP contribution is -2.13. The van der Waals surface area contributed by atoms with Crippen LogP contribution in [-0.4, -0.2) is 34.6 Å². The van der Waals surface area contributed by atoms with E-state index in [1.165, 1.54) is 12.3 Å². The lowest BCUT2D eigenvalue weighted by atomic mass is 10.2. The van der Waals surface area contributed by atoms with Gasteiger partial charge in [0.2, 0.25) is 0 Å². The number of carbonyl (C=O) groups is 1. The lowest BCUT2D eigenvalue weighted by Gasteiger charge is -1.99. The van der Waals surface area contributed by atoms with Crippen LogP contribution >= 0.6 is 15.9 Å². The number of halogens is 1. The van der Waals surface area contributed by atoms with Gasteiger partial charge in [-0.3, -0.25) is 25.3 Å². The summed E-state index contributed by atoms with van der Waals surface area (Å²) in [4.78, 5) is 23.1. The summed E-state index contributed by atoms with van der Waals surface area (Å²) in [5.74, 6) is -0.925. The third-order valence-electron chi connectivity index (χ3n) is 1.71. The van der Waals surface area contributed by atoms with Crippen LogP contribution in [0.4, 0.5) is 5.69 Å². The fraction of sp³-hybridized carbons (Fsp3) is 0.182. The maximum absolute atomic E-state index is 10.7. The van der Waals surface area contributed by atoms with Crippen molar-refractivity contribution in [3.8, 4) is 0 Å². The van der Waals surface area contributed by atoms with Crippen LogP contribution in [-0.2, 0) is 4.79 Å². The van der Waals surface area contributed by atoms with E-state index in [0.717, 1.165) is 6.92 Å². The summed E-state index contributed by atoms with van der Waals surface area (Å²) in [6, 6.07) is 4.65. The molecule has 0 fully saturated rings. The molecule has 0 heterocycles. The number of nitrogens with zero attached hydrogens (tertiary/aromatic N) is 2. The number of nitro groups is 1. The Morgan fingerprint density at radius 2 is 2.20 bits per heavy atom. The molecule has 0 aliphatic rings. The maximum Gasteiger partial charge on any atom is 0.300 e. The number of nitrogens with two attached hydrogens (primary N) is 1. The molecule has 0 spiro atoms. The number of carboxylic acids is 1. The molecule has 8 nitrogen and oxygen atoms in total. The van der Waals surface area contributed by atoms with Crippen LogP contribution in [0.2, 0.25) is 0 Å². The Hall–Kier alpha value is -2.29. The number of nitro benzene ring substituents is 1. The molecule has 0 unspecified atom stereocenters. The van der Waals surface area contributed by atoms with Crippen molar-refractivity contribution >= 4 is 39.6 Å². The van der Waals surface area contributed by atoms with Crippen molar-refractivity contribution in [3.63, 3.8) is 0 Å². The predicted octanol–water partition coefficient (Wildman–Crippen LogP) is 1.80. The van der Waals surface area contributed by atoms with Gasteiger partial charge in [0.1, 0.15) is 5.84 Å². The van der Waals surface area contributed by atoms with Gasteiger partial charge < -0.3 is 10.8 Å². The van der Waals surface area contributed by atoms with Crippen LogP contribution in [0.3, 0.4) is 0 Å². The Labute approximate surface area is 123 Å². The zero-order valence-corrected chi connectivity index (χ0v) is 12.1. The Bertz CT molecular complexity index is 541. The molecule has 0 atom stereocenters. The van der Waals surface area contributed by atoms with Crippen molar-refractivity contribution in [2.24, 2.45) is 10.7 Å². The highest BCUT2D eigenvalue weighted by Crippen LogP contribution is 2.24. The summed E-state index contributed by atoms with van der Waals surface area (Å²) in [5, 5.41) is 25.1. The summed E-state index contributed by atoms with van der Waals surface area (Å²) < 4.78 is 0.578. The molecule has 0 bridgehead atoms. The number of nitrogens with one attached hydrogen (secondary N) is 1. The molecule has 0 amide bonds. The van der Waals surface area contributed by atoms with Gasteiger partial charge in [0.25, 0.3) is 11.7 Å². The number of rotatable bonds is 4. The van der Waals surface area contributed by atoms with Gasteiger partial charge >= 0.3 is 0 Å². The first-order chi connectivity index (χ1) is 9.25. The Kier molecular flexibility index (Phi) is 7.75. The van der Waals surface area contributed by atoms with Gasteiger partial charge in [-0.1, -0.05) is 6.07 Å². The molecule has 0 aliphatic heterocycles. The van der Waals surface area contributed by atoms with Crippen LogP contribution in [0.5, 0.6) is 0 Å². The third kappa shape index (κ3) is 7.21. The van der Waals surface area contributed by atoms with Gasteiger partial charge in [-0.2, -0.15) is 0 Å². The Morgan fingerprint density at radius 1 is 1.65 bits per heavy atom. The van der Waals surface area contributed by atoms with E-state index in [2.05, 4.69) is 20.9 Å². The highest BCUT2D eigenvalue weighted by atomic mass is 79.9. The molecule has 9 heteroatoms. The van der Waals surface area contributed by atoms with Gasteiger partial charge in [-0.25, -0.2) is 0 Å². The molecule has 20 heavy (non-hydrogen) atoms. The van der Waals surface area contributed by atoms with Crippen LogP contribution in [0, 0.1) is 15.5 Å². The van der Waals surface area contributed by atoms with E-state index in [-0.39, 0.29) is 18.1 Å². The summed E-state index contributed by atoms with van der Waals surface area (Å²) in [7, 11) is 0. The van der Waals surface area contributed by atoms with Crippen molar-refractivity contribution in [3.05, 3.63) is 38.3 Å². The molecule has 0 saturated heterocycles. The second kappa shape index (κ2) is 8.75. The second-order valence-corrected chi connectivity index (χ2v) is 4.30. The SMILES string of the molecule is CC(=O)O.N=C(N)CN=Cc1c(Br)cccc1[N+](=O)[O-]. The minimum absolute atomic E-state index is 0.0263. The maximum atomic E-state index is 10.7. The Morgan fingerprint density at radius 3 is 2.65 bits per heavy atom. The number of aliphatic carboxylic acids is 1. The fourth-order valence-electron chi connectivity index (χ4n) is 1.05. The molecule has 0 saturated carbocycles. The van der Waals surface area contributed by atoms with Crippen molar-refractivity contribution in [2.45, 2.75) is 6.92 Å². The van der Waals surface area contributed by atoms with Crippen LogP contribution in [0.1, 0.15) is 12.5 Å². The number of carboxylic acid groups (broad SMARTS) is 1. The van der Waals surface area contributed by atoms with E-state index >= 15 is 0 Å². The highest BCUT2D eigenvalue weighted by molar-refractivity contribution is 9.10. The molecule has 1 aromatic carbocycles. The average Bonchev–Trinajstić information content (AvgIpc) is 2.29. The number of hydrogen-bond acceptors (Lipinski definition) is 5. The first-order valence-electron chi connectivity index (χ1n) is 5.20. The third-order valence-corrected chi connectivity index (χ3v) is 2.40. The summed E-state index contributed by atoms with van der Waals surface area (Å²) in [5.41, 5.74) is 5.45. The molecule has 108 valence electrons. The van der Waals surface area contributed by atoms with E-state index in [0.29, 0.717) is 10.0 Å². The van der Waals surface area contributed by atoms with Crippen LogP contribution in [0.15, 0.2) is 27.7 Å². The fourth-order valence-corrected chi connectivity index (χ4v) is 1.51. The summed E-state index contributed by atoms with van der Waals surface area (Å²) in [6.45, 7) is 1.11. The normalized spacial score (nSPS) is 9.70. The van der Waals surface area contributed by atoms with Gasteiger partial charge in [0, 0.05) is 23.7 Å². The zero-order valence-electron chi connectivity index (χ0n) is 10.5. The molecule has 0 radical (unpaired) electrons. The molecular formula is C11H13BrN4O4. The zero-order chi connectivity index (χ0) is 15.7. The quantitative estimate of drug-likeness (QED) is 0.330. The summed E-state index contributed by atoms with van der Waals surface area (Å²) >= 11 is 3.20. The van der Waals surface area contributed by atoms with E-state index in [4.69, 9.17) is 21.0 Å². The molecule has 0 aliphatic carbocycles. The van der Waals surface area contributed by atoms with E-state index < -0.39 is 10.9 Å². The average molecular weight is 345 g/mol. The summed E-state index contributed by atoms with van der Waals surface area (Å²) in [6.07, 6.45) is 1.34. The standard InChI is InChI=1S/C9H9BrN4O2.C2H4O2/c10-7-2-1-3-8(14(15)16)6(7)4-13-5-9(11)12;1-2(3)4/h1-4H,5H2,(H3,11,12);1H3,(H,3,4). The van der Waals surface area contributed by atoms with Crippen molar-refractivity contribution in [2.75, 3.05) is 6.54 Å².